The van der Waals surface area contributed by atoms with Gasteiger partial charge in [0.05, 0.1) is 0 Å². The van der Waals surface area contributed by atoms with Crippen molar-refractivity contribution in [3.05, 3.63) is 15.4 Å². The quantitative estimate of drug-likeness (QED) is 0.614. The Balaban J connectivity index is 2.57. The molecule has 1 rings (SSSR count). The molecular weight excluding hydrogens is 262 g/mol. The van der Waals surface area contributed by atoms with E-state index in [0.717, 1.165) is 13.0 Å². The molecule has 1 heterocycles. The molecule has 8 heteroatoms. The number of H-pyrrole nitrogens is 1. The molecule has 0 atom stereocenters. The summed E-state index contributed by atoms with van der Waals surface area (Å²) in [5, 5.41) is 3.09. The Labute approximate surface area is 105 Å². The van der Waals surface area contributed by atoms with Crippen LogP contribution in [0.25, 0.3) is 0 Å². The lowest BCUT2D eigenvalue weighted by atomic mass is 10.5. The Morgan fingerprint density at radius 3 is 2.53 bits per heavy atom. The molecule has 6 nitrogen and oxygen atoms in total. The van der Waals surface area contributed by atoms with Gasteiger partial charge in [0.1, 0.15) is 0 Å². The molecule has 0 bridgehead atoms. The zero-order valence-corrected chi connectivity index (χ0v) is 11.5. The third-order valence-corrected chi connectivity index (χ3v) is 5.11. The first-order valence-corrected chi connectivity index (χ1v) is 7.67. The van der Waals surface area contributed by atoms with E-state index in [4.69, 9.17) is 0 Å². The van der Waals surface area contributed by atoms with Crippen LogP contribution >= 0.6 is 11.3 Å². The zero-order valence-electron chi connectivity index (χ0n) is 9.87. The van der Waals surface area contributed by atoms with Crippen molar-refractivity contribution in [3.63, 3.8) is 0 Å². The van der Waals surface area contributed by atoms with Crippen LogP contribution in [-0.2, 0) is 10.0 Å². The Morgan fingerprint density at radius 1 is 1.29 bits per heavy atom. The fourth-order valence-electron chi connectivity index (χ4n) is 1.29. The third-order valence-electron chi connectivity index (χ3n) is 2.05. The van der Waals surface area contributed by atoms with Crippen molar-refractivity contribution in [3.8, 4) is 0 Å². The van der Waals surface area contributed by atoms with E-state index in [0.29, 0.717) is 30.1 Å². The number of aryl methyl sites for hydroxylation is 1. The monoisotopic (exact) mass is 279 g/mol. The normalized spacial score (nSPS) is 11.9. The molecule has 1 aromatic rings. The SMILES string of the molecule is CCCNCCNS(=O)(=O)c1sc(=O)[nH]c1C. The van der Waals surface area contributed by atoms with Crippen LogP contribution in [-0.4, -0.2) is 33.0 Å². The lowest BCUT2D eigenvalue weighted by Gasteiger charge is -2.05. The van der Waals surface area contributed by atoms with Gasteiger partial charge in [0, 0.05) is 18.8 Å². The minimum atomic E-state index is -3.56. The third kappa shape index (κ3) is 4.23. The predicted molar refractivity (Wildman–Crippen MR) is 68.0 cm³/mol. The molecule has 0 radical (unpaired) electrons. The molecule has 0 aliphatic carbocycles. The smallest absolute Gasteiger partial charge is 0.305 e. The van der Waals surface area contributed by atoms with Crippen LogP contribution in [0.15, 0.2) is 9.00 Å². The first-order chi connectivity index (χ1) is 7.97. The highest BCUT2D eigenvalue weighted by Gasteiger charge is 2.19. The number of nitrogens with one attached hydrogen (secondary N) is 3. The minimum absolute atomic E-state index is 0.0676. The summed E-state index contributed by atoms with van der Waals surface area (Å²) in [5.74, 6) is 0. The largest absolute Gasteiger partial charge is 0.315 e. The van der Waals surface area contributed by atoms with Crippen molar-refractivity contribution in [2.24, 2.45) is 0 Å². The van der Waals surface area contributed by atoms with Crippen LogP contribution in [0.4, 0.5) is 0 Å². The van der Waals surface area contributed by atoms with Crippen LogP contribution in [0.5, 0.6) is 0 Å². The fourth-order valence-corrected chi connectivity index (χ4v) is 3.66. The number of hydrogen-bond acceptors (Lipinski definition) is 5. The first-order valence-electron chi connectivity index (χ1n) is 5.37. The lowest BCUT2D eigenvalue weighted by Crippen LogP contribution is -2.32. The van der Waals surface area contributed by atoms with E-state index in [2.05, 4.69) is 15.0 Å². The lowest BCUT2D eigenvalue weighted by molar-refractivity contribution is 0.576. The van der Waals surface area contributed by atoms with Gasteiger partial charge in [-0.1, -0.05) is 18.3 Å². The van der Waals surface area contributed by atoms with Crippen molar-refractivity contribution >= 4 is 21.4 Å². The first kappa shape index (κ1) is 14.4. The van der Waals surface area contributed by atoms with Gasteiger partial charge in [0.2, 0.25) is 0 Å². The number of aromatic amines is 1. The van der Waals surface area contributed by atoms with Crippen LogP contribution < -0.4 is 14.9 Å². The molecular formula is C9H17N3O3S2. The molecule has 0 aliphatic rings. The summed E-state index contributed by atoms with van der Waals surface area (Å²) in [4.78, 5) is 13.1. The molecule has 98 valence electrons. The van der Waals surface area contributed by atoms with Gasteiger partial charge in [-0.3, -0.25) is 4.79 Å². The molecule has 0 fully saturated rings. The van der Waals surface area contributed by atoms with E-state index in [1.54, 1.807) is 6.92 Å². The Morgan fingerprint density at radius 2 is 2.00 bits per heavy atom. The molecule has 0 unspecified atom stereocenters. The van der Waals surface area contributed by atoms with Crippen LogP contribution in [0, 0.1) is 6.92 Å². The van der Waals surface area contributed by atoms with Gasteiger partial charge in [-0.2, -0.15) is 0 Å². The Hall–Kier alpha value is -0.700. The molecule has 1 aromatic heterocycles. The highest BCUT2D eigenvalue weighted by Crippen LogP contribution is 2.14. The van der Waals surface area contributed by atoms with Crippen LogP contribution in [0.2, 0.25) is 0 Å². The van der Waals surface area contributed by atoms with Gasteiger partial charge in [-0.05, 0) is 19.9 Å². The summed E-state index contributed by atoms with van der Waals surface area (Å²) >= 11 is 0.708. The van der Waals surface area contributed by atoms with Crippen LogP contribution in [0.1, 0.15) is 19.0 Å². The van der Waals surface area contributed by atoms with Gasteiger partial charge in [0.15, 0.2) is 4.21 Å². The Bertz CT molecular complexity index is 504. The summed E-state index contributed by atoms with van der Waals surface area (Å²) in [6.07, 6.45) is 1.01. The number of hydrogen-bond donors (Lipinski definition) is 3. The van der Waals surface area contributed by atoms with E-state index < -0.39 is 10.0 Å². The molecule has 0 amide bonds. The van der Waals surface area contributed by atoms with Crippen molar-refractivity contribution in [2.45, 2.75) is 24.5 Å². The summed E-state index contributed by atoms with van der Waals surface area (Å²) in [6.45, 7) is 5.36. The van der Waals surface area contributed by atoms with Crippen molar-refractivity contribution in [2.75, 3.05) is 19.6 Å². The average molecular weight is 279 g/mol. The van der Waals surface area contributed by atoms with E-state index >= 15 is 0 Å². The molecule has 0 spiro atoms. The highest BCUT2D eigenvalue weighted by molar-refractivity contribution is 7.91. The number of rotatable bonds is 7. The van der Waals surface area contributed by atoms with E-state index in [9.17, 15) is 13.2 Å². The molecule has 0 saturated carbocycles. The molecule has 17 heavy (non-hydrogen) atoms. The standard InChI is InChI=1S/C9H17N3O3S2/c1-3-4-10-5-6-11-17(14,15)8-7(2)12-9(13)16-8/h10-11H,3-6H2,1-2H3,(H,12,13). The maximum atomic E-state index is 11.8. The predicted octanol–water partition coefficient (Wildman–Crippen LogP) is 0.0227. The summed E-state index contributed by atoms with van der Waals surface area (Å²) in [6, 6.07) is 0. The van der Waals surface area contributed by atoms with Gasteiger partial charge < -0.3 is 10.3 Å². The minimum Gasteiger partial charge on any atom is -0.315 e. The van der Waals surface area contributed by atoms with E-state index in [-0.39, 0.29) is 9.08 Å². The number of aromatic nitrogens is 1. The van der Waals surface area contributed by atoms with Crippen molar-refractivity contribution in [1.29, 1.82) is 0 Å². The summed E-state index contributed by atoms with van der Waals surface area (Å²) < 4.78 is 26.1. The fraction of sp³-hybridized carbons (Fsp3) is 0.667. The average Bonchev–Trinajstić information content (AvgIpc) is 2.58. The van der Waals surface area contributed by atoms with E-state index in [1.807, 2.05) is 6.92 Å². The van der Waals surface area contributed by atoms with Gasteiger partial charge in [-0.25, -0.2) is 13.1 Å². The highest BCUT2D eigenvalue weighted by atomic mass is 32.2. The summed E-state index contributed by atoms with van der Waals surface area (Å²) in [5.41, 5.74) is 0.383. The zero-order chi connectivity index (χ0) is 12.9. The molecule has 0 aromatic carbocycles. The number of thiazole rings is 1. The van der Waals surface area contributed by atoms with Gasteiger partial charge in [-0.15, -0.1) is 0 Å². The topological polar surface area (TPSA) is 91.1 Å². The van der Waals surface area contributed by atoms with Crippen LogP contribution in [0.3, 0.4) is 0 Å². The maximum Gasteiger partial charge on any atom is 0.305 e. The second-order valence-electron chi connectivity index (χ2n) is 3.57. The Kier molecular flexibility index (Phi) is 5.31. The molecule has 0 saturated heterocycles. The van der Waals surface area contributed by atoms with Crippen molar-refractivity contribution in [1.82, 2.24) is 15.0 Å². The second-order valence-corrected chi connectivity index (χ2v) is 6.52. The van der Waals surface area contributed by atoms with Gasteiger partial charge in [0.25, 0.3) is 10.0 Å². The van der Waals surface area contributed by atoms with Gasteiger partial charge >= 0.3 is 4.87 Å². The maximum absolute atomic E-state index is 11.8. The molecule has 0 aliphatic heterocycles. The summed E-state index contributed by atoms with van der Waals surface area (Å²) in [7, 11) is -3.56. The number of sulfonamides is 1. The van der Waals surface area contributed by atoms with E-state index in [1.165, 1.54) is 0 Å². The molecule has 3 N–H and O–H groups in total. The van der Waals surface area contributed by atoms with Crippen molar-refractivity contribution < 1.29 is 8.42 Å². The second kappa shape index (κ2) is 6.29.